The highest BCUT2D eigenvalue weighted by molar-refractivity contribution is 7.19. The number of benzene rings is 2. The zero-order valence-corrected chi connectivity index (χ0v) is 19.5. The topological polar surface area (TPSA) is 71.9 Å². The Balaban J connectivity index is 1.73. The molecule has 1 aliphatic rings. The van der Waals surface area contributed by atoms with Gasteiger partial charge in [0.25, 0.3) is 5.91 Å². The first kappa shape index (κ1) is 22.2. The highest BCUT2D eigenvalue weighted by Crippen LogP contribution is 2.42. The van der Waals surface area contributed by atoms with Gasteiger partial charge in [-0.05, 0) is 38.5 Å². The molecule has 0 fully saturated rings. The number of rotatable bonds is 6. The fourth-order valence-electron chi connectivity index (χ4n) is 3.47. The van der Waals surface area contributed by atoms with Crippen molar-refractivity contribution >= 4 is 45.7 Å². The average Bonchev–Trinajstić information content (AvgIpc) is 3.32. The Bertz CT molecular complexity index is 1120. The molecule has 0 N–H and O–H groups in total. The first-order valence-corrected chi connectivity index (χ1v) is 11.4. The van der Waals surface area contributed by atoms with Gasteiger partial charge in [-0.25, -0.2) is 4.98 Å². The molecular weight excluding hydrogens is 446 g/mol. The minimum absolute atomic E-state index is 0.0290. The lowest BCUT2D eigenvalue weighted by atomic mass is 10.0. The third-order valence-corrected chi connectivity index (χ3v) is 6.51. The molecule has 8 heteroatoms. The van der Waals surface area contributed by atoms with Crippen LogP contribution < -0.4 is 5.01 Å². The maximum atomic E-state index is 13.1. The van der Waals surface area contributed by atoms with Crippen LogP contribution in [0.4, 0.5) is 5.13 Å². The number of anilines is 1. The van der Waals surface area contributed by atoms with Crippen LogP contribution in [0.5, 0.6) is 0 Å². The van der Waals surface area contributed by atoms with E-state index in [0.29, 0.717) is 15.9 Å². The van der Waals surface area contributed by atoms with Gasteiger partial charge in [0.2, 0.25) is 5.13 Å². The van der Waals surface area contributed by atoms with Crippen molar-refractivity contribution in [2.45, 2.75) is 27.2 Å². The number of nitrogens with zero attached hydrogens (tertiary/aromatic N) is 3. The van der Waals surface area contributed by atoms with Gasteiger partial charge >= 0.3 is 5.97 Å². The number of thiazole rings is 1. The van der Waals surface area contributed by atoms with Crippen molar-refractivity contribution in [3.05, 3.63) is 59.1 Å². The summed E-state index contributed by atoms with van der Waals surface area (Å²) in [4.78, 5) is 30.7. The number of hydrogen-bond acceptors (Lipinski definition) is 6. The number of amides is 1. The molecule has 4 rings (SSSR count). The molecule has 6 nitrogen and oxygen atoms in total. The fourth-order valence-corrected chi connectivity index (χ4v) is 4.64. The minimum atomic E-state index is -0.639. The van der Waals surface area contributed by atoms with Gasteiger partial charge < -0.3 is 4.74 Å². The number of aryl methyl sites for hydroxylation is 1. The number of carbonyl (C=O) groups excluding carboxylic acids is 2. The second-order valence-electron chi connectivity index (χ2n) is 7.50. The summed E-state index contributed by atoms with van der Waals surface area (Å²) >= 11 is 7.46. The highest BCUT2D eigenvalue weighted by Gasteiger charge is 2.38. The molecule has 3 aromatic rings. The molecule has 1 aromatic heterocycles. The summed E-state index contributed by atoms with van der Waals surface area (Å²) in [5, 5.41) is 6.83. The van der Waals surface area contributed by atoms with Gasteiger partial charge in [0.1, 0.15) is 0 Å². The Morgan fingerprint density at radius 2 is 1.75 bits per heavy atom. The Morgan fingerprint density at radius 1 is 1.09 bits per heavy atom. The summed E-state index contributed by atoms with van der Waals surface area (Å²) in [6, 6.07) is 15.6. The lowest BCUT2D eigenvalue weighted by Gasteiger charge is -2.11. The van der Waals surface area contributed by atoms with Gasteiger partial charge in [-0.15, -0.1) is 0 Å². The molecule has 0 saturated carbocycles. The third kappa shape index (κ3) is 4.45. The number of ether oxygens (including phenoxy) is 1. The van der Waals surface area contributed by atoms with E-state index >= 15 is 0 Å². The van der Waals surface area contributed by atoms with E-state index < -0.39 is 11.9 Å². The number of hydrazone groups is 1. The molecule has 0 spiro atoms. The fraction of sp³-hybridized carbons (Fsp3) is 0.250. The van der Waals surface area contributed by atoms with E-state index in [9.17, 15) is 9.59 Å². The first-order valence-electron chi connectivity index (χ1n) is 10.3. The third-order valence-electron chi connectivity index (χ3n) is 5.17. The Morgan fingerprint density at radius 3 is 2.41 bits per heavy atom. The normalized spacial score (nSPS) is 15.8. The first-order chi connectivity index (χ1) is 15.4. The van der Waals surface area contributed by atoms with Crippen LogP contribution in [0.25, 0.3) is 21.7 Å². The summed E-state index contributed by atoms with van der Waals surface area (Å²) in [6.45, 7) is 5.79. The largest absolute Gasteiger partial charge is 0.466 e. The second kappa shape index (κ2) is 9.22. The van der Waals surface area contributed by atoms with Crippen molar-refractivity contribution in [1.29, 1.82) is 0 Å². The maximum absolute atomic E-state index is 13.1. The highest BCUT2D eigenvalue weighted by atomic mass is 35.5. The molecule has 1 aliphatic heterocycles. The van der Waals surface area contributed by atoms with Gasteiger partial charge in [-0.1, -0.05) is 64.9 Å². The van der Waals surface area contributed by atoms with Crippen molar-refractivity contribution < 1.29 is 14.3 Å². The van der Waals surface area contributed by atoms with Crippen LogP contribution in [0.2, 0.25) is 5.02 Å². The quantitative estimate of drug-likeness (QED) is 0.434. The SMILES string of the molecule is CCOC(=O)CC1C(=O)N(c2nc(-c3ccc(Cl)cc3)c(-c3ccc(C)cc3)s2)N=C1C. The van der Waals surface area contributed by atoms with E-state index in [4.69, 9.17) is 21.3 Å². The number of carbonyl (C=O) groups is 2. The Kier molecular flexibility index (Phi) is 6.39. The van der Waals surface area contributed by atoms with E-state index in [0.717, 1.165) is 27.3 Å². The van der Waals surface area contributed by atoms with Gasteiger partial charge in [-0.2, -0.15) is 10.1 Å². The lowest BCUT2D eigenvalue weighted by Crippen LogP contribution is -2.29. The Labute approximate surface area is 195 Å². The summed E-state index contributed by atoms with van der Waals surface area (Å²) in [7, 11) is 0. The van der Waals surface area contributed by atoms with E-state index in [1.165, 1.54) is 16.3 Å². The van der Waals surface area contributed by atoms with Gasteiger partial charge in [0.15, 0.2) is 0 Å². The molecule has 1 atom stereocenters. The van der Waals surface area contributed by atoms with Crippen molar-refractivity contribution in [3.63, 3.8) is 0 Å². The average molecular weight is 468 g/mol. The number of hydrogen-bond donors (Lipinski definition) is 0. The van der Waals surface area contributed by atoms with Crippen LogP contribution in [0.15, 0.2) is 53.6 Å². The van der Waals surface area contributed by atoms with Crippen molar-refractivity contribution in [1.82, 2.24) is 4.98 Å². The van der Waals surface area contributed by atoms with Crippen LogP contribution in [-0.2, 0) is 14.3 Å². The van der Waals surface area contributed by atoms with Crippen molar-refractivity contribution in [2.75, 3.05) is 11.6 Å². The summed E-state index contributed by atoms with van der Waals surface area (Å²) in [5.41, 5.74) is 4.37. The van der Waals surface area contributed by atoms with Crippen LogP contribution >= 0.6 is 22.9 Å². The number of esters is 1. The molecule has 1 unspecified atom stereocenters. The zero-order chi connectivity index (χ0) is 22.8. The molecule has 2 heterocycles. The minimum Gasteiger partial charge on any atom is -0.466 e. The molecule has 32 heavy (non-hydrogen) atoms. The smallest absolute Gasteiger partial charge is 0.306 e. The van der Waals surface area contributed by atoms with E-state index in [1.54, 1.807) is 13.8 Å². The predicted octanol–water partition coefficient (Wildman–Crippen LogP) is 5.73. The summed E-state index contributed by atoms with van der Waals surface area (Å²) in [6.07, 6.45) is -0.0290. The van der Waals surface area contributed by atoms with Crippen LogP contribution in [0.3, 0.4) is 0 Å². The molecule has 1 amide bonds. The molecule has 0 bridgehead atoms. The van der Waals surface area contributed by atoms with Crippen LogP contribution in [0, 0.1) is 12.8 Å². The van der Waals surface area contributed by atoms with E-state index in [-0.39, 0.29) is 18.9 Å². The summed E-state index contributed by atoms with van der Waals surface area (Å²) in [5.74, 6) is -1.33. The maximum Gasteiger partial charge on any atom is 0.306 e. The van der Waals surface area contributed by atoms with Gasteiger partial charge in [-0.3, -0.25) is 9.59 Å². The van der Waals surface area contributed by atoms with E-state index in [2.05, 4.69) is 5.10 Å². The number of aromatic nitrogens is 1. The molecule has 0 radical (unpaired) electrons. The van der Waals surface area contributed by atoms with Crippen molar-refractivity contribution in [2.24, 2.45) is 11.0 Å². The molecule has 0 saturated heterocycles. The van der Waals surface area contributed by atoms with Crippen LogP contribution in [-0.4, -0.2) is 29.2 Å². The summed E-state index contributed by atoms with van der Waals surface area (Å²) < 4.78 is 5.01. The number of halogens is 1. The second-order valence-corrected chi connectivity index (χ2v) is 8.91. The van der Waals surface area contributed by atoms with Gasteiger partial charge in [0.05, 0.1) is 29.5 Å². The molecule has 2 aromatic carbocycles. The standard InChI is InChI=1S/C24H22ClN3O3S/c1-4-31-20(29)13-19-15(3)27-28(23(19)30)24-26-21(16-9-11-18(25)12-10-16)22(32-24)17-7-5-14(2)6-8-17/h5-12,19H,4,13H2,1-3H3. The van der Waals surface area contributed by atoms with E-state index in [1.807, 2.05) is 55.5 Å². The molecular formula is C24H22ClN3O3S. The zero-order valence-electron chi connectivity index (χ0n) is 18.0. The monoisotopic (exact) mass is 467 g/mol. The predicted molar refractivity (Wildman–Crippen MR) is 128 cm³/mol. The Hall–Kier alpha value is -3.03. The molecule has 164 valence electrons. The van der Waals surface area contributed by atoms with Crippen LogP contribution in [0.1, 0.15) is 25.8 Å². The van der Waals surface area contributed by atoms with Crippen molar-refractivity contribution in [3.8, 4) is 21.7 Å². The molecule has 0 aliphatic carbocycles. The lowest BCUT2D eigenvalue weighted by molar-refractivity contribution is -0.145. The van der Waals surface area contributed by atoms with Gasteiger partial charge in [0, 0.05) is 16.3 Å².